The fraction of sp³-hybridized carbons (Fsp3) is 0.176. The second-order valence-electron chi connectivity index (χ2n) is 4.87. The summed E-state index contributed by atoms with van der Waals surface area (Å²) in [5, 5.41) is 11.6. The zero-order valence-electron chi connectivity index (χ0n) is 13.8. The summed E-state index contributed by atoms with van der Waals surface area (Å²) in [4.78, 5) is 23.4. The van der Waals surface area contributed by atoms with E-state index in [9.17, 15) is 9.59 Å². The average Bonchev–Trinajstić information content (AvgIpc) is 2.59. The Morgan fingerprint density at radius 2 is 1.60 bits per heavy atom. The SMILES string of the molecule is COc1cc(C(=O)Nc2ccc(C(=O)O)c(Cl)c2)cc(OC)c1OC. The highest BCUT2D eigenvalue weighted by atomic mass is 35.5. The summed E-state index contributed by atoms with van der Waals surface area (Å²) < 4.78 is 15.6. The third kappa shape index (κ3) is 3.95. The molecule has 0 aliphatic carbocycles. The van der Waals surface area contributed by atoms with Gasteiger partial charge in [-0.25, -0.2) is 4.79 Å². The van der Waals surface area contributed by atoms with Crippen molar-refractivity contribution in [2.45, 2.75) is 0 Å². The summed E-state index contributed by atoms with van der Waals surface area (Å²) in [5.41, 5.74) is 0.578. The predicted molar refractivity (Wildman–Crippen MR) is 92.5 cm³/mol. The lowest BCUT2D eigenvalue weighted by Gasteiger charge is -2.14. The summed E-state index contributed by atoms with van der Waals surface area (Å²) in [6.07, 6.45) is 0. The number of carboxylic acids is 1. The lowest BCUT2D eigenvalue weighted by Crippen LogP contribution is -2.13. The largest absolute Gasteiger partial charge is 0.493 e. The van der Waals surface area contributed by atoms with Crippen molar-refractivity contribution in [1.29, 1.82) is 0 Å². The molecule has 2 N–H and O–H groups in total. The number of carbonyl (C=O) groups excluding carboxylic acids is 1. The number of nitrogens with one attached hydrogen (secondary N) is 1. The maximum Gasteiger partial charge on any atom is 0.337 e. The van der Waals surface area contributed by atoms with Gasteiger partial charge in [0.2, 0.25) is 5.75 Å². The molecule has 0 aliphatic heterocycles. The van der Waals surface area contributed by atoms with Gasteiger partial charge in [-0.1, -0.05) is 11.6 Å². The van der Waals surface area contributed by atoms with Crippen molar-refractivity contribution in [2.24, 2.45) is 0 Å². The van der Waals surface area contributed by atoms with Gasteiger partial charge in [0.05, 0.1) is 31.9 Å². The lowest BCUT2D eigenvalue weighted by atomic mass is 10.1. The van der Waals surface area contributed by atoms with E-state index in [1.807, 2.05) is 0 Å². The van der Waals surface area contributed by atoms with Crippen molar-refractivity contribution in [2.75, 3.05) is 26.6 Å². The van der Waals surface area contributed by atoms with E-state index in [0.717, 1.165) is 0 Å². The molecule has 2 aromatic rings. The summed E-state index contributed by atoms with van der Waals surface area (Å²) in [7, 11) is 4.36. The van der Waals surface area contributed by atoms with Gasteiger partial charge < -0.3 is 24.6 Å². The van der Waals surface area contributed by atoms with Gasteiger partial charge in [-0.05, 0) is 30.3 Å². The number of hydrogen-bond acceptors (Lipinski definition) is 5. The number of carboxylic acid groups (broad SMARTS) is 1. The van der Waals surface area contributed by atoms with Gasteiger partial charge >= 0.3 is 5.97 Å². The van der Waals surface area contributed by atoms with Crippen molar-refractivity contribution in [3.63, 3.8) is 0 Å². The van der Waals surface area contributed by atoms with Crippen LogP contribution in [0.15, 0.2) is 30.3 Å². The van der Waals surface area contributed by atoms with E-state index in [1.54, 1.807) is 0 Å². The fourth-order valence-electron chi connectivity index (χ4n) is 2.18. The molecular weight excluding hydrogens is 350 g/mol. The molecule has 0 unspecified atom stereocenters. The number of anilines is 1. The number of carbonyl (C=O) groups is 2. The number of ether oxygens (including phenoxy) is 3. The predicted octanol–water partition coefficient (Wildman–Crippen LogP) is 3.32. The minimum atomic E-state index is -1.15. The van der Waals surface area contributed by atoms with Crippen molar-refractivity contribution >= 4 is 29.2 Å². The molecule has 2 aromatic carbocycles. The van der Waals surface area contributed by atoms with E-state index in [2.05, 4.69) is 5.32 Å². The summed E-state index contributed by atoms with van der Waals surface area (Å²) in [6, 6.07) is 7.13. The molecule has 0 heterocycles. The quantitative estimate of drug-likeness (QED) is 0.815. The molecule has 132 valence electrons. The van der Waals surface area contributed by atoms with E-state index < -0.39 is 11.9 Å². The zero-order valence-corrected chi connectivity index (χ0v) is 14.5. The molecule has 0 fully saturated rings. The van der Waals surface area contributed by atoms with Crippen molar-refractivity contribution in [1.82, 2.24) is 0 Å². The second-order valence-corrected chi connectivity index (χ2v) is 5.28. The van der Waals surface area contributed by atoms with Gasteiger partial charge in [-0.3, -0.25) is 4.79 Å². The van der Waals surface area contributed by atoms with Gasteiger partial charge in [0.15, 0.2) is 11.5 Å². The fourth-order valence-corrected chi connectivity index (χ4v) is 2.44. The number of aromatic carboxylic acids is 1. The Morgan fingerprint density at radius 1 is 1.00 bits per heavy atom. The molecule has 0 aliphatic rings. The Labute approximate surface area is 149 Å². The lowest BCUT2D eigenvalue weighted by molar-refractivity contribution is 0.0697. The van der Waals surface area contributed by atoms with Crippen molar-refractivity contribution in [3.05, 3.63) is 46.5 Å². The third-order valence-corrected chi connectivity index (χ3v) is 3.70. The van der Waals surface area contributed by atoms with Crippen molar-refractivity contribution in [3.8, 4) is 17.2 Å². The molecule has 0 radical (unpaired) electrons. The normalized spacial score (nSPS) is 10.1. The molecule has 0 aromatic heterocycles. The monoisotopic (exact) mass is 365 g/mol. The molecule has 1 amide bonds. The number of benzene rings is 2. The topological polar surface area (TPSA) is 94.1 Å². The Morgan fingerprint density at radius 3 is 2.04 bits per heavy atom. The number of methoxy groups -OCH3 is 3. The Kier molecular flexibility index (Phi) is 5.71. The average molecular weight is 366 g/mol. The van der Waals surface area contributed by atoms with E-state index in [1.165, 1.54) is 51.7 Å². The second kappa shape index (κ2) is 7.76. The standard InChI is InChI=1S/C17H16ClNO6/c1-23-13-6-9(7-14(24-2)15(13)25-3)16(20)19-10-4-5-11(17(21)22)12(18)8-10/h4-8H,1-3H3,(H,19,20)(H,21,22). The van der Waals surface area contributed by atoms with Crippen LogP contribution in [-0.4, -0.2) is 38.3 Å². The van der Waals surface area contributed by atoms with Gasteiger partial charge in [-0.15, -0.1) is 0 Å². The molecule has 0 saturated carbocycles. The third-order valence-electron chi connectivity index (χ3n) is 3.38. The van der Waals surface area contributed by atoms with E-state index in [4.69, 9.17) is 30.9 Å². The van der Waals surface area contributed by atoms with Crippen LogP contribution in [0.5, 0.6) is 17.2 Å². The van der Waals surface area contributed by atoms with Crippen LogP contribution in [0.3, 0.4) is 0 Å². The minimum Gasteiger partial charge on any atom is -0.493 e. The first-order valence-electron chi connectivity index (χ1n) is 7.05. The zero-order chi connectivity index (χ0) is 18.6. The van der Waals surface area contributed by atoms with Gasteiger partial charge in [0, 0.05) is 11.3 Å². The van der Waals surface area contributed by atoms with Crippen LogP contribution in [-0.2, 0) is 0 Å². The number of halogens is 1. The molecule has 8 heteroatoms. The summed E-state index contributed by atoms with van der Waals surface area (Å²) in [6.45, 7) is 0. The Balaban J connectivity index is 2.32. The molecule has 0 saturated heterocycles. The number of rotatable bonds is 6. The number of amides is 1. The van der Waals surface area contributed by atoms with E-state index in [0.29, 0.717) is 22.9 Å². The maximum absolute atomic E-state index is 12.5. The van der Waals surface area contributed by atoms with E-state index >= 15 is 0 Å². The Hall–Kier alpha value is -2.93. The van der Waals surface area contributed by atoms with Crippen LogP contribution in [0.4, 0.5) is 5.69 Å². The van der Waals surface area contributed by atoms with Crippen LogP contribution < -0.4 is 19.5 Å². The maximum atomic E-state index is 12.5. The molecule has 2 rings (SSSR count). The highest BCUT2D eigenvalue weighted by Gasteiger charge is 2.17. The minimum absolute atomic E-state index is 0.0233. The van der Waals surface area contributed by atoms with Crippen LogP contribution >= 0.6 is 11.6 Å². The first-order valence-corrected chi connectivity index (χ1v) is 7.43. The molecular formula is C17H16ClNO6. The Bertz CT molecular complexity index is 796. The molecule has 0 atom stereocenters. The highest BCUT2D eigenvalue weighted by molar-refractivity contribution is 6.33. The van der Waals surface area contributed by atoms with Crippen molar-refractivity contribution < 1.29 is 28.9 Å². The van der Waals surface area contributed by atoms with E-state index in [-0.39, 0.29) is 16.1 Å². The summed E-state index contributed by atoms with van der Waals surface area (Å²) >= 11 is 5.90. The van der Waals surface area contributed by atoms with Crippen LogP contribution in [0.1, 0.15) is 20.7 Å². The first-order chi connectivity index (χ1) is 11.9. The van der Waals surface area contributed by atoms with Crippen LogP contribution in [0.25, 0.3) is 0 Å². The molecule has 7 nitrogen and oxygen atoms in total. The number of hydrogen-bond donors (Lipinski definition) is 2. The highest BCUT2D eigenvalue weighted by Crippen LogP contribution is 2.38. The first kappa shape index (κ1) is 18.4. The van der Waals surface area contributed by atoms with Gasteiger partial charge in [-0.2, -0.15) is 0 Å². The molecule has 0 spiro atoms. The van der Waals surface area contributed by atoms with Crippen LogP contribution in [0.2, 0.25) is 5.02 Å². The van der Waals surface area contributed by atoms with Gasteiger partial charge in [0.25, 0.3) is 5.91 Å². The smallest absolute Gasteiger partial charge is 0.337 e. The molecule has 0 bridgehead atoms. The van der Waals surface area contributed by atoms with Crippen LogP contribution in [0, 0.1) is 0 Å². The summed E-state index contributed by atoms with van der Waals surface area (Å²) in [5.74, 6) is -0.543. The van der Waals surface area contributed by atoms with Gasteiger partial charge in [0.1, 0.15) is 0 Å². The molecule has 25 heavy (non-hydrogen) atoms.